The molecule has 23 heavy (non-hydrogen) atoms. The fraction of sp³-hybridized carbons (Fsp3) is 0.533. The Hall–Kier alpha value is -1.12. The van der Waals surface area contributed by atoms with Crippen LogP contribution in [0, 0.1) is 0 Å². The molecule has 0 saturated carbocycles. The highest BCUT2D eigenvalue weighted by atomic mass is 79.9. The topological polar surface area (TPSA) is 78.5 Å². The highest BCUT2D eigenvalue weighted by Crippen LogP contribution is 2.22. The van der Waals surface area contributed by atoms with Gasteiger partial charge in [0, 0.05) is 24.1 Å². The Kier molecular flexibility index (Phi) is 8.01. The second kappa shape index (κ2) is 9.24. The molecule has 0 bridgehead atoms. The van der Waals surface area contributed by atoms with E-state index < -0.39 is 10.0 Å². The smallest absolute Gasteiger partial charge is 0.315 e. The number of nitrogens with one attached hydrogen (secondary N) is 2. The summed E-state index contributed by atoms with van der Waals surface area (Å²) < 4.78 is 26.3. The van der Waals surface area contributed by atoms with Crippen LogP contribution in [0.2, 0.25) is 0 Å². The van der Waals surface area contributed by atoms with Crippen molar-refractivity contribution in [3.8, 4) is 0 Å². The Balaban J connectivity index is 2.48. The minimum absolute atomic E-state index is 0.0767. The van der Waals surface area contributed by atoms with Gasteiger partial charge in [0.1, 0.15) is 0 Å². The van der Waals surface area contributed by atoms with E-state index in [1.807, 2.05) is 31.2 Å². The van der Waals surface area contributed by atoms with E-state index in [1.54, 1.807) is 13.8 Å². The number of benzene rings is 1. The summed E-state index contributed by atoms with van der Waals surface area (Å²) in [6.45, 7) is 6.40. The number of rotatable bonds is 8. The van der Waals surface area contributed by atoms with Gasteiger partial charge in [0.05, 0.1) is 11.8 Å². The van der Waals surface area contributed by atoms with Crippen molar-refractivity contribution in [3.05, 3.63) is 34.3 Å². The van der Waals surface area contributed by atoms with Gasteiger partial charge in [-0.15, -0.1) is 0 Å². The summed E-state index contributed by atoms with van der Waals surface area (Å²) in [7, 11) is -3.32. The first-order chi connectivity index (χ1) is 10.8. The molecule has 0 heterocycles. The zero-order valence-electron chi connectivity index (χ0n) is 13.7. The predicted octanol–water partition coefficient (Wildman–Crippen LogP) is 2.48. The van der Waals surface area contributed by atoms with Crippen molar-refractivity contribution in [2.75, 3.05) is 25.4 Å². The number of hydrogen-bond donors (Lipinski definition) is 2. The number of carbonyl (C=O) groups is 1. The summed E-state index contributed by atoms with van der Waals surface area (Å²) in [5.41, 5.74) is 0.957. The van der Waals surface area contributed by atoms with Gasteiger partial charge in [0.15, 0.2) is 0 Å². The number of urea groups is 1. The molecule has 6 nitrogen and oxygen atoms in total. The molecule has 1 atom stereocenters. The molecule has 2 N–H and O–H groups in total. The van der Waals surface area contributed by atoms with E-state index in [0.717, 1.165) is 10.0 Å². The van der Waals surface area contributed by atoms with Crippen molar-refractivity contribution >= 4 is 32.0 Å². The first kappa shape index (κ1) is 19.9. The molecule has 1 rings (SSSR count). The largest absolute Gasteiger partial charge is 0.337 e. The van der Waals surface area contributed by atoms with E-state index >= 15 is 0 Å². The monoisotopic (exact) mass is 405 g/mol. The molecule has 1 unspecified atom stereocenters. The van der Waals surface area contributed by atoms with Crippen LogP contribution in [-0.2, 0) is 10.0 Å². The van der Waals surface area contributed by atoms with Gasteiger partial charge in [-0.1, -0.05) is 48.0 Å². The molecular formula is C15H24BrN3O3S. The third kappa shape index (κ3) is 6.12. The predicted molar refractivity (Wildman–Crippen MR) is 95.8 cm³/mol. The Bertz CT molecular complexity index is 618. The van der Waals surface area contributed by atoms with Crippen molar-refractivity contribution in [2.24, 2.45) is 0 Å². The third-order valence-corrected chi connectivity index (χ3v) is 6.21. The summed E-state index contributed by atoms with van der Waals surface area (Å²) in [6, 6.07) is 7.04. The zero-order chi connectivity index (χ0) is 17.5. The molecule has 1 aromatic rings. The molecular weight excluding hydrogens is 382 g/mol. The van der Waals surface area contributed by atoms with Crippen LogP contribution in [-0.4, -0.2) is 44.1 Å². The van der Waals surface area contributed by atoms with Gasteiger partial charge in [0.2, 0.25) is 10.0 Å². The highest BCUT2D eigenvalue weighted by molar-refractivity contribution is 9.10. The van der Waals surface area contributed by atoms with E-state index in [4.69, 9.17) is 0 Å². The number of amides is 2. The molecule has 8 heteroatoms. The summed E-state index contributed by atoms with van der Waals surface area (Å²) in [5, 5.41) is 5.38. The van der Waals surface area contributed by atoms with Crippen molar-refractivity contribution in [3.63, 3.8) is 0 Å². The molecule has 0 fully saturated rings. The zero-order valence-corrected chi connectivity index (χ0v) is 16.1. The Morgan fingerprint density at radius 2 is 1.87 bits per heavy atom. The van der Waals surface area contributed by atoms with Gasteiger partial charge in [-0.05, 0) is 18.6 Å². The van der Waals surface area contributed by atoms with Crippen LogP contribution in [0.5, 0.6) is 0 Å². The summed E-state index contributed by atoms with van der Waals surface area (Å²) in [6.07, 6.45) is 0. The first-order valence-electron chi connectivity index (χ1n) is 7.58. The second-order valence-corrected chi connectivity index (χ2v) is 7.99. The molecule has 0 radical (unpaired) electrons. The molecule has 0 spiro atoms. The van der Waals surface area contributed by atoms with Gasteiger partial charge in [-0.2, -0.15) is 0 Å². The summed E-state index contributed by atoms with van der Waals surface area (Å²) in [4.78, 5) is 11.9. The normalized spacial score (nSPS) is 12.9. The molecule has 2 amide bonds. The molecule has 130 valence electrons. The minimum atomic E-state index is -3.32. The summed E-state index contributed by atoms with van der Waals surface area (Å²) >= 11 is 3.44. The fourth-order valence-corrected chi connectivity index (χ4v) is 4.22. The number of sulfonamides is 1. The van der Waals surface area contributed by atoms with E-state index in [-0.39, 0.29) is 24.4 Å². The maximum Gasteiger partial charge on any atom is 0.315 e. The standard InChI is InChI=1S/C15H24BrN3O3S/c1-4-19(5-2)23(21,22)11-10-17-15(20)18-12(3)13-8-6-7-9-14(13)16/h6-9,12H,4-5,10-11H2,1-3H3,(H2,17,18,20). The molecule has 0 aliphatic heterocycles. The quantitative estimate of drug-likeness (QED) is 0.696. The van der Waals surface area contributed by atoms with Gasteiger partial charge in [-0.3, -0.25) is 0 Å². The Morgan fingerprint density at radius 3 is 2.43 bits per heavy atom. The number of halogens is 1. The minimum Gasteiger partial charge on any atom is -0.337 e. The lowest BCUT2D eigenvalue weighted by molar-refractivity contribution is 0.238. The van der Waals surface area contributed by atoms with Gasteiger partial charge in [-0.25, -0.2) is 17.5 Å². The van der Waals surface area contributed by atoms with Crippen molar-refractivity contribution in [2.45, 2.75) is 26.8 Å². The van der Waals surface area contributed by atoms with Gasteiger partial charge in [0.25, 0.3) is 0 Å². The molecule has 0 saturated heterocycles. The molecule has 0 aliphatic carbocycles. The van der Waals surface area contributed by atoms with E-state index in [1.165, 1.54) is 4.31 Å². The SMILES string of the molecule is CCN(CC)S(=O)(=O)CCNC(=O)NC(C)c1ccccc1Br. The van der Waals surface area contributed by atoms with Crippen LogP contribution in [0.4, 0.5) is 4.79 Å². The second-order valence-electron chi connectivity index (χ2n) is 5.04. The lowest BCUT2D eigenvalue weighted by Crippen LogP contribution is -2.41. The van der Waals surface area contributed by atoms with Crippen LogP contribution >= 0.6 is 15.9 Å². The number of nitrogens with zero attached hydrogens (tertiary/aromatic N) is 1. The van der Waals surface area contributed by atoms with Gasteiger partial charge < -0.3 is 10.6 Å². The fourth-order valence-electron chi connectivity index (χ4n) is 2.19. The molecule has 0 aromatic heterocycles. The maximum absolute atomic E-state index is 12.0. The maximum atomic E-state index is 12.0. The third-order valence-electron chi connectivity index (χ3n) is 3.46. The number of carbonyl (C=O) groups excluding carboxylic acids is 1. The average Bonchev–Trinajstić information content (AvgIpc) is 2.48. The van der Waals surface area contributed by atoms with Crippen LogP contribution < -0.4 is 10.6 Å². The highest BCUT2D eigenvalue weighted by Gasteiger charge is 2.19. The average molecular weight is 406 g/mol. The Labute approximate surface area is 146 Å². The lowest BCUT2D eigenvalue weighted by atomic mass is 10.1. The molecule has 1 aromatic carbocycles. The lowest BCUT2D eigenvalue weighted by Gasteiger charge is -2.19. The van der Waals surface area contributed by atoms with Gasteiger partial charge >= 0.3 is 6.03 Å². The van der Waals surface area contributed by atoms with E-state index in [2.05, 4.69) is 26.6 Å². The van der Waals surface area contributed by atoms with Crippen LogP contribution in [0.3, 0.4) is 0 Å². The van der Waals surface area contributed by atoms with Crippen molar-refractivity contribution in [1.82, 2.24) is 14.9 Å². The Morgan fingerprint density at radius 1 is 1.26 bits per heavy atom. The van der Waals surface area contributed by atoms with Crippen LogP contribution in [0.15, 0.2) is 28.7 Å². The van der Waals surface area contributed by atoms with Crippen LogP contribution in [0.1, 0.15) is 32.4 Å². The van der Waals surface area contributed by atoms with Crippen LogP contribution in [0.25, 0.3) is 0 Å². The number of hydrogen-bond acceptors (Lipinski definition) is 3. The van der Waals surface area contributed by atoms with Crippen molar-refractivity contribution < 1.29 is 13.2 Å². The van der Waals surface area contributed by atoms with Crippen molar-refractivity contribution in [1.29, 1.82) is 0 Å². The van der Waals surface area contributed by atoms with E-state index in [0.29, 0.717) is 13.1 Å². The first-order valence-corrected chi connectivity index (χ1v) is 9.98. The summed E-state index contributed by atoms with van der Waals surface area (Å²) in [5.74, 6) is -0.106. The van der Waals surface area contributed by atoms with E-state index in [9.17, 15) is 13.2 Å². The molecule has 0 aliphatic rings.